The Balaban J connectivity index is 0.000000261. The Kier molecular flexibility index (Phi) is 4.14. The predicted octanol–water partition coefficient (Wildman–Crippen LogP) is -1.01. The number of carbonyl (C=O) groups excluding carboxylic acids is 3. The highest BCUT2D eigenvalue weighted by Crippen LogP contribution is 1.98. The molecule has 0 spiro atoms. The third-order valence-corrected chi connectivity index (χ3v) is 0.944. The highest BCUT2D eigenvalue weighted by molar-refractivity contribution is 6.04. The van der Waals surface area contributed by atoms with E-state index >= 15 is 0 Å². The van der Waals surface area contributed by atoms with Crippen molar-refractivity contribution in [3.05, 3.63) is 0 Å². The van der Waals surface area contributed by atoms with E-state index in [2.05, 4.69) is 0 Å². The van der Waals surface area contributed by atoms with Gasteiger partial charge in [0.25, 0.3) is 5.91 Å². The lowest BCUT2D eigenvalue weighted by Gasteiger charge is -1.88. The Bertz CT molecular complexity index is 207. The molecule has 0 aliphatic carbocycles. The predicted molar refractivity (Wildman–Crippen MR) is 40.1 cm³/mol. The van der Waals surface area contributed by atoms with Crippen molar-refractivity contribution in [2.75, 3.05) is 0 Å². The van der Waals surface area contributed by atoms with Crippen LogP contribution in [0.3, 0.4) is 0 Å². The fraction of sp³-hybridized carbons (Fsp3) is 0.571. The van der Waals surface area contributed by atoms with Crippen LogP contribution >= 0.6 is 0 Å². The molecule has 0 saturated carbocycles. The molecule has 1 unspecified atom stereocenters. The zero-order valence-corrected chi connectivity index (χ0v) is 6.96. The zero-order chi connectivity index (χ0) is 9.72. The molecule has 2 N–H and O–H groups in total. The van der Waals surface area contributed by atoms with Crippen LogP contribution in [-0.4, -0.2) is 28.8 Å². The number of ketones is 1. The van der Waals surface area contributed by atoms with Crippen LogP contribution in [0, 0.1) is 0 Å². The molecule has 1 aliphatic rings. The van der Waals surface area contributed by atoms with Crippen LogP contribution in [-0.2, 0) is 14.4 Å². The van der Waals surface area contributed by atoms with Crippen molar-refractivity contribution in [2.45, 2.75) is 26.4 Å². The zero-order valence-electron chi connectivity index (χ0n) is 6.96. The largest absolute Gasteiger partial charge is 0.383 e. The fourth-order valence-electron chi connectivity index (χ4n) is 0.540. The Morgan fingerprint density at radius 1 is 1.50 bits per heavy atom. The van der Waals surface area contributed by atoms with Crippen LogP contribution in [0.1, 0.15) is 20.3 Å². The molecule has 0 aromatic heterocycles. The van der Waals surface area contributed by atoms with Crippen LogP contribution in [0.5, 0.6) is 0 Å². The normalized spacial score (nSPS) is 21.1. The number of hydrogen-bond acceptors (Lipinski definition) is 4. The number of rotatable bonds is 0. The first kappa shape index (κ1) is 10.8. The van der Waals surface area contributed by atoms with Crippen molar-refractivity contribution in [3.63, 3.8) is 0 Å². The molecular formula is C7H11NO4. The van der Waals surface area contributed by atoms with Gasteiger partial charge in [0, 0.05) is 0 Å². The van der Waals surface area contributed by atoms with Crippen molar-refractivity contribution in [3.8, 4) is 0 Å². The first-order chi connectivity index (χ1) is 5.43. The van der Waals surface area contributed by atoms with E-state index in [1.54, 1.807) is 0 Å². The maximum absolute atomic E-state index is 10.2. The molecule has 1 aliphatic heterocycles. The summed E-state index contributed by atoms with van der Waals surface area (Å²) in [5.74, 6) is -0.822. The van der Waals surface area contributed by atoms with Gasteiger partial charge in [0.2, 0.25) is 5.91 Å². The van der Waals surface area contributed by atoms with E-state index < -0.39 is 17.9 Å². The first-order valence-electron chi connectivity index (χ1n) is 3.42. The smallest absolute Gasteiger partial charge is 0.255 e. The summed E-state index contributed by atoms with van der Waals surface area (Å²) >= 11 is 0. The van der Waals surface area contributed by atoms with E-state index in [0.717, 1.165) is 0 Å². The van der Waals surface area contributed by atoms with Gasteiger partial charge in [-0.3, -0.25) is 14.9 Å². The average Bonchev–Trinajstić information content (AvgIpc) is 2.08. The summed E-state index contributed by atoms with van der Waals surface area (Å²) in [4.78, 5) is 29.8. The summed E-state index contributed by atoms with van der Waals surface area (Å²) in [6.07, 6.45) is -1.19. The van der Waals surface area contributed by atoms with E-state index in [1.165, 1.54) is 13.8 Å². The topological polar surface area (TPSA) is 83.5 Å². The molecule has 1 saturated heterocycles. The number of Topliss-reactive ketones (excluding diaryl/α,β-unsaturated/α-hetero) is 1. The number of imide groups is 1. The van der Waals surface area contributed by atoms with Gasteiger partial charge in [-0.2, -0.15) is 0 Å². The second-order valence-corrected chi connectivity index (χ2v) is 2.54. The maximum Gasteiger partial charge on any atom is 0.255 e. The molecule has 1 heterocycles. The van der Waals surface area contributed by atoms with Gasteiger partial charge in [-0.15, -0.1) is 0 Å². The lowest BCUT2D eigenvalue weighted by molar-refractivity contribution is -0.127. The van der Waals surface area contributed by atoms with Crippen molar-refractivity contribution in [1.29, 1.82) is 0 Å². The van der Waals surface area contributed by atoms with Gasteiger partial charge >= 0.3 is 0 Å². The number of nitrogens with one attached hydrogen (secondary N) is 1. The van der Waals surface area contributed by atoms with Gasteiger partial charge in [0.05, 0.1) is 6.42 Å². The van der Waals surface area contributed by atoms with Crippen molar-refractivity contribution >= 4 is 17.6 Å². The summed E-state index contributed by atoms with van der Waals surface area (Å²) in [5, 5.41) is 10.5. The van der Waals surface area contributed by atoms with Crippen molar-refractivity contribution in [1.82, 2.24) is 5.32 Å². The van der Waals surface area contributed by atoms with Crippen LogP contribution in [0.25, 0.3) is 0 Å². The third-order valence-electron chi connectivity index (χ3n) is 0.944. The highest BCUT2D eigenvalue weighted by Gasteiger charge is 2.27. The summed E-state index contributed by atoms with van der Waals surface area (Å²) in [7, 11) is 0. The second-order valence-electron chi connectivity index (χ2n) is 2.54. The van der Waals surface area contributed by atoms with Gasteiger partial charge in [-0.1, -0.05) is 0 Å². The molecular weight excluding hydrogens is 162 g/mol. The maximum atomic E-state index is 10.2. The summed E-state index contributed by atoms with van der Waals surface area (Å²) < 4.78 is 0. The molecule has 12 heavy (non-hydrogen) atoms. The van der Waals surface area contributed by atoms with E-state index in [4.69, 9.17) is 5.11 Å². The van der Waals surface area contributed by atoms with Crippen molar-refractivity contribution in [2.24, 2.45) is 0 Å². The number of carbonyl (C=O) groups is 3. The van der Waals surface area contributed by atoms with E-state index in [9.17, 15) is 14.4 Å². The monoisotopic (exact) mass is 173 g/mol. The number of amides is 2. The van der Waals surface area contributed by atoms with Gasteiger partial charge in [-0.25, -0.2) is 0 Å². The minimum Gasteiger partial charge on any atom is -0.383 e. The fourth-order valence-corrected chi connectivity index (χ4v) is 0.540. The third kappa shape index (κ3) is 4.56. The molecule has 1 rings (SSSR count). The minimum atomic E-state index is -1.11. The van der Waals surface area contributed by atoms with Gasteiger partial charge in [0.1, 0.15) is 11.9 Å². The van der Waals surface area contributed by atoms with Crippen LogP contribution in [0.15, 0.2) is 0 Å². The first-order valence-corrected chi connectivity index (χ1v) is 3.42. The van der Waals surface area contributed by atoms with E-state index in [0.29, 0.717) is 0 Å². The molecule has 1 fully saturated rings. The Morgan fingerprint density at radius 2 is 1.92 bits per heavy atom. The van der Waals surface area contributed by atoms with Crippen LogP contribution in [0.2, 0.25) is 0 Å². The quantitative estimate of drug-likeness (QED) is 0.460. The lowest BCUT2D eigenvalue weighted by Crippen LogP contribution is -2.24. The van der Waals surface area contributed by atoms with Gasteiger partial charge in [0.15, 0.2) is 0 Å². The summed E-state index contributed by atoms with van der Waals surface area (Å²) in [6, 6.07) is 0. The van der Waals surface area contributed by atoms with Crippen LogP contribution in [0.4, 0.5) is 0 Å². The molecule has 68 valence electrons. The molecule has 0 aromatic rings. The van der Waals surface area contributed by atoms with Crippen LogP contribution < -0.4 is 5.32 Å². The average molecular weight is 173 g/mol. The molecule has 2 amide bonds. The Hall–Kier alpha value is -1.23. The molecule has 5 heteroatoms. The standard InChI is InChI=1S/C4H5NO3.C3H6O/c6-2-1-3(7)5-4(2)8;1-3(2)4/h2,6H,1H2,(H,5,7,8);1-2H3. The summed E-state index contributed by atoms with van der Waals surface area (Å²) in [6.45, 7) is 3.06. The van der Waals surface area contributed by atoms with E-state index in [-0.39, 0.29) is 12.2 Å². The number of aliphatic hydroxyl groups excluding tert-OH is 1. The number of hydrogen-bond donors (Lipinski definition) is 2. The minimum absolute atomic E-state index is 0.0845. The SMILES string of the molecule is CC(C)=O.O=C1CC(O)C(=O)N1. The van der Waals surface area contributed by atoms with Gasteiger partial charge < -0.3 is 9.90 Å². The lowest BCUT2D eigenvalue weighted by atomic mass is 10.3. The molecule has 0 bridgehead atoms. The van der Waals surface area contributed by atoms with Gasteiger partial charge in [-0.05, 0) is 13.8 Å². The summed E-state index contributed by atoms with van der Waals surface area (Å²) in [5.41, 5.74) is 0. The Morgan fingerprint density at radius 3 is 2.00 bits per heavy atom. The Labute approximate surface area is 69.8 Å². The highest BCUT2D eigenvalue weighted by atomic mass is 16.3. The van der Waals surface area contributed by atoms with Crippen molar-refractivity contribution < 1.29 is 19.5 Å². The number of aliphatic hydroxyl groups is 1. The molecule has 1 atom stereocenters. The molecule has 0 radical (unpaired) electrons. The van der Waals surface area contributed by atoms with E-state index in [1.807, 2.05) is 5.32 Å². The second kappa shape index (κ2) is 4.61. The molecule has 0 aromatic carbocycles. The molecule has 5 nitrogen and oxygen atoms in total.